The smallest absolute Gasteiger partial charge is 0.191 e. The zero-order valence-corrected chi connectivity index (χ0v) is 17.8. The van der Waals surface area contributed by atoms with E-state index in [0.29, 0.717) is 6.54 Å². The average molecular weight is 456 g/mol. The molecule has 2 N–H and O–H groups in total. The van der Waals surface area contributed by atoms with Gasteiger partial charge in [0.2, 0.25) is 0 Å². The molecule has 0 saturated carbocycles. The van der Waals surface area contributed by atoms with E-state index in [-0.39, 0.29) is 30.0 Å². The van der Waals surface area contributed by atoms with Gasteiger partial charge in [0.25, 0.3) is 0 Å². The van der Waals surface area contributed by atoms with Crippen LogP contribution in [-0.2, 0) is 13.0 Å². The lowest BCUT2D eigenvalue weighted by Crippen LogP contribution is -2.39. The molecule has 1 heterocycles. The van der Waals surface area contributed by atoms with Crippen molar-refractivity contribution in [3.63, 3.8) is 0 Å². The van der Waals surface area contributed by atoms with Crippen LogP contribution in [0.5, 0.6) is 0 Å². The first kappa shape index (κ1) is 21.4. The maximum Gasteiger partial charge on any atom is 0.191 e. The molecule has 0 spiro atoms. The highest BCUT2D eigenvalue weighted by Crippen LogP contribution is 2.16. The Kier molecular flexibility index (Phi) is 9.48. The number of aliphatic imine (C=N–C) groups is 1. The van der Waals surface area contributed by atoms with Gasteiger partial charge in [0.05, 0.1) is 12.6 Å². The molecule has 7 heteroatoms. The number of benzene rings is 1. The standard InChI is InChI=1S/C18H28N6.HI/c1-5-17-23-21-13-24(17)12-11-20-18(19-6-2)22-15(4)16-10-8-7-9-14(16)3;/h7-10,13,15H,5-6,11-12H2,1-4H3,(H2,19,20,22);1H. The van der Waals surface area contributed by atoms with E-state index in [2.05, 4.69) is 82.4 Å². The van der Waals surface area contributed by atoms with Crippen LogP contribution in [-0.4, -0.2) is 33.8 Å². The Hall–Kier alpha value is -1.64. The van der Waals surface area contributed by atoms with E-state index < -0.39 is 0 Å². The molecule has 0 aliphatic carbocycles. The summed E-state index contributed by atoms with van der Waals surface area (Å²) in [6, 6.07) is 8.63. The van der Waals surface area contributed by atoms with Crippen molar-refractivity contribution in [2.75, 3.05) is 13.1 Å². The lowest BCUT2D eigenvalue weighted by Gasteiger charge is -2.19. The fourth-order valence-electron chi connectivity index (χ4n) is 2.68. The molecule has 0 fully saturated rings. The van der Waals surface area contributed by atoms with Crippen LogP contribution >= 0.6 is 24.0 Å². The predicted octanol–water partition coefficient (Wildman–Crippen LogP) is 3.08. The minimum absolute atomic E-state index is 0. The summed E-state index contributed by atoms with van der Waals surface area (Å²) >= 11 is 0. The summed E-state index contributed by atoms with van der Waals surface area (Å²) in [5, 5.41) is 14.8. The van der Waals surface area contributed by atoms with Crippen LogP contribution in [0.25, 0.3) is 0 Å². The predicted molar refractivity (Wildman–Crippen MR) is 114 cm³/mol. The number of guanidine groups is 1. The number of hydrogen-bond donors (Lipinski definition) is 2. The van der Waals surface area contributed by atoms with Crippen LogP contribution in [0, 0.1) is 6.92 Å². The molecule has 0 aliphatic heterocycles. The third-order valence-corrected chi connectivity index (χ3v) is 3.98. The van der Waals surface area contributed by atoms with E-state index in [4.69, 9.17) is 0 Å². The van der Waals surface area contributed by atoms with Crippen molar-refractivity contribution >= 4 is 29.9 Å². The largest absolute Gasteiger partial charge is 0.357 e. The van der Waals surface area contributed by atoms with Crippen molar-refractivity contribution in [1.82, 2.24) is 25.4 Å². The van der Waals surface area contributed by atoms with Gasteiger partial charge in [0.1, 0.15) is 12.2 Å². The SMILES string of the molecule is CCNC(=NCCn1cnnc1CC)NC(C)c1ccccc1C.I. The second-order valence-corrected chi connectivity index (χ2v) is 5.78. The third kappa shape index (κ3) is 6.30. The van der Waals surface area contributed by atoms with Gasteiger partial charge < -0.3 is 15.2 Å². The van der Waals surface area contributed by atoms with E-state index in [0.717, 1.165) is 31.3 Å². The summed E-state index contributed by atoms with van der Waals surface area (Å²) in [6.45, 7) is 10.7. The van der Waals surface area contributed by atoms with Gasteiger partial charge in [-0.25, -0.2) is 0 Å². The molecule has 0 radical (unpaired) electrons. The molecule has 6 nitrogen and oxygen atoms in total. The number of aryl methyl sites for hydroxylation is 2. The molecule has 138 valence electrons. The molecule has 0 saturated heterocycles. The Labute approximate surface area is 167 Å². The molecular weight excluding hydrogens is 427 g/mol. The molecular formula is C18H29IN6. The topological polar surface area (TPSA) is 67.1 Å². The highest BCUT2D eigenvalue weighted by molar-refractivity contribution is 14.0. The summed E-state index contributed by atoms with van der Waals surface area (Å²) in [6.07, 6.45) is 2.65. The zero-order valence-electron chi connectivity index (χ0n) is 15.5. The molecule has 1 aromatic heterocycles. The van der Waals surface area contributed by atoms with Gasteiger partial charge in [-0.05, 0) is 31.9 Å². The van der Waals surface area contributed by atoms with Gasteiger partial charge in [-0.15, -0.1) is 34.2 Å². The summed E-state index contributed by atoms with van der Waals surface area (Å²) in [5.74, 6) is 1.83. The van der Waals surface area contributed by atoms with Crippen molar-refractivity contribution < 1.29 is 0 Å². The molecule has 1 unspecified atom stereocenters. The Morgan fingerprint density at radius 2 is 2.04 bits per heavy atom. The Morgan fingerprint density at radius 3 is 2.72 bits per heavy atom. The van der Waals surface area contributed by atoms with Crippen LogP contribution in [0.2, 0.25) is 0 Å². The van der Waals surface area contributed by atoms with Gasteiger partial charge in [-0.2, -0.15) is 0 Å². The maximum atomic E-state index is 4.68. The van der Waals surface area contributed by atoms with E-state index >= 15 is 0 Å². The van der Waals surface area contributed by atoms with Crippen molar-refractivity contribution in [2.24, 2.45) is 4.99 Å². The van der Waals surface area contributed by atoms with E-state index in [1.807, 2.05) is 0 Å². The number of nitrogens with zero attached hydrogens (tertiary/aromatic N) is 4. The summed E-state index contributed by atoms with van der Waals surface area (Å²) in [7, 11) is 0. The molecule has 1 aromatic carbocycles. The molecule has 0 bridgehead atoms. The van der Waals surface area contributed by atoms with Gasteiger partial charge >= 0.3 is 0 Å². The minimum Gasteiger partial charge on any atom is -0.357 e. The Morgan fingerprint density at radius 1 is 1.28 bits per heavy atom. The Bertz CT molecular complexity index is 667. The van der Waals surface area contributed by atoms with Gasteiger partial charge in [0, 0.05) is 19.5 Å². The van der Waals surface area contributed by atoms with Crippen LogP contribution in [0.4, 0.5) is 0 Å². The third-order valence-electron chi connectivity index (χ3n) is 3.98. The molecule has 0 amide bonds. The summed E-state index contributed by atoms with van der Waals surface area (Å²) in [5.41, 5.74) is 2.57. The first-order chi connectivity index (χ1) is 11.7. The van der Waals surface area contributed by atoms with Gasteiger partial charge in [-0.3, -0.25) is 4.99 Å². The summed E-state index contributed by atoms with van der Waals surface area (Å²) < 4.78 is 2.05. The van der Waals surface area contributed by atoms with Crippen molar-refractivity contribution in [3.05, 3.63) is 47.5 Å². The lowest BCUT2D eigenvalue weighted by atomic mass is 10.0. The normalized spacial score (nSPS) is 12.4. The van der Waals surface area contributed by atoms with Crippen LogP contribution < -0.4 is 10.6 Å². The van der Waals surface area contributed by atoms with Crippen molar-refractivity contribution in [2.45, 2.75) is 46.7 Å². The van der Waals surface area contributed by atoms with E-state index in [1.54, 1.807) is 6.33 Å². The van der Waals surface area contributed by atoms with Gasteiger partial charge in [-0.1, -0.05) is 31.2 Å². The van der Waals surface area contributed by atoms with Crippen LogP contribution in [0.15, 0.2) is 35.6 Å². The molecule has 25 heavy (non-hydrogen) atoms. The number of hydrogen-bond acceptors (Lipinski definition) is 3. The first-order valence-electron chi connectivity index (χ1n) is 8.62. The van der Waals surface area contributed by atoms with Crippen molar-refractivity contribution in [3.8, 4) is 0 Å². The monoisotopic (exact) mass is 456 g/mol. The molecule has 2 aromatic rings. The van der Waals surface area contributed by atoms with Gasteiger partial charge in [0.15, 0.2) is 5.96 Å². The van der Waals surface area contributed by atoms with Crippen LogP contribution in [0.1, 0.15) is 43.8 Å². The van der Waals surface area contributed by atoms with Crippen molar-refractivity contribution in [1.29, 1.82) is 0 Å². The lowest BCUT2D eigenvalue weighted by molar-refractivity contribution is 0.648. The molecule has 2 rings (SSSR count). The second kappa shape index (κ2) is 11.1. The quantitative estimate of drug-likeness (QED) is 0.382. The Balaban J connectivity index is 0.00000312. The average Bonchev–Trinajstić information content (AvgIpc) is 3.03. The minimum atomic E-state index is 0. The molecule has 1 atom stereocenters. The van der Waals surface area contributed by atoms with Crippen LogP contribution in [0.3, 0.4) is 0 Å². The number of nitrogens with one attached hydrogen (secondary N) is 2. The fraction of sp³-hybridized carbons (Fsp3) is 0.500. The fourth-order valence-corrected chi connectivity index (χ4v) is 2.68. The molecule has 0 aliphatic rings. The summed E-state index contributed by atoms with van der Waals surface area (Å²) in [4.78, 5) is 4.68. The number of aromatic nitrogens is 3. The number of halogens is 1. The highest BCUT2D eigenvalue weighted by Gasteiger charge is 2.09. The maximum absolute atomic E-state index is 4.68. The zero-order chi connectivity index (χ0) is 17.4. The van der Waals surface area contributed by atoms with E-state index in [9.17, 15) is 0 Å². The first-order valence-corrected chi connectivity index (χ1v) is 8.62. The number of rotatable bonds is 7. The second-order valence-electron chi connectivity index (χ2n) is 5.78. The van der Waals surface area contributed by atoms with E-state index in [1.165, 1.54) is 11.1 Å². The highest BCUT2D eigenvalue weighted by atomic mass is 127.